The first-order chi connectivity index (χ1) is 13.4. The predicted molar refractivity (Wildman–Crippen MR) is 112 cm³/mol. The zero-order valence-corrected chi connectivity index (χ0v) is 17.8. The molecule has 1 aromatic rings. The van der Waals surface area contributed by atoms with E-state index in [2.05, 4.69) is 4.90 Å². The number of nitrogens with zero attached hydrogens (tertiary/aromatic N) is 3. The Morgan fingerprint density at radius 2 is 1.71 bits per heavy atom. The highest BCUT2D eigenvalue weighted by atomic mass is 35.5. The number of likely N-dealkylation sites (N-methyl/N-ethyl adjacent to an activating group) is 1. The third-order valence-electron chi connectivity index (χ3n) is 6.31. The van der Waals surface area contributed by atoms with Crippen LogP contribution < -0.4 is 0 Å². The first-order valence-corrected chi connectivity index (χ1v) is 10.8. The summed E-state index contributed by atoms with van der Waals surface area (Å²) in [7, 11) is 1.86. The molecule has 28 heavy (non-hydrogen) atoms. The Labute approximate surface area is 173 Å². The van der Waals surface area contributed by atoms with Gasteiger partial charge in [0.2, 0.25) is 11.8 Å². The van der Waals surface area contributed by atoms with Crippen molar-refractivity contribution in [1.29, 1.82) is 0 Å². The summed E-state index contributed by atoms with van der Waals surface area (Å²) in [5, 5.41) is 0.705. The fraction of sp³-hybridized carbons (Fsp3) is 0.636. The van der Waals surface area contributed by atoms with Crippen LogP contribution in [-0.2, 0) is 9.59 Å². The van der Waals surface area contributed by atoms with Crippen LogP contribution >= 0.6 is 11.6 Å². The molecule has 2 fully saturated rings. The van der Waals surface area contributed by atoms with E-state index in [1.54, 1.807) is 0 Å². The van der Waals surface area contributed by atoms with E-state index in [-0.39, 0.29) is 11.9 Å². The summed E-state index contributed by atoms with van der Waals surface area (Å²) >= 11 is 5.96. The van der Waals surface area contributed by atoms with Crippen LogP contribution in [0, 0.1) is 5.92 Å². The van der Waals surface area contributed by atoms with Crippen LogP contribution in [0.15, 0.2) is 24.3 Å². The molecule has 0 aliphatic carbocycles. The van der Waals surface area contributed by atoms with Crippen LogP contribution in [0.2, 0.25) is 5.02 Å². The van der Waals surface area contributed by atoms with Crippen molar-refractivity contribution in [3.05, 3.63) is 34.9 Å². The molecule has 1 aromatic carbocycles. The van der Waals surface area contributed by atoms with Crippen molar-refractivity contribution in [2.24, 2.45) is 5.92 Å². The van der Waals surface area contributed by atoms with Gasteiger partial charge in [0.25, 0.3) is 0 Å². The van der Waals surface area contributed by atoms with E-state index >= 15 is 0 Å². The van der Waals surface area contributed by atoms with Crippen LogP contribution in [0.25, 0.3) is 0 Å². The highest BCUT2D eigenvalue weighted by Crippen LogP contribution is 2.24. The summed E-state index contributed by atoms with van der Waals surface area (Å²) < 4.78 is 0. The average Bonchev–Trinajstić information content (AvgIpc) is 3.24. The number of likely N-dealkylation sites (tertiary alicyclic amines) is 2. The molecule has 5 nitrogen and oxygen atoms in total. The van der Waals surface area contributed by atoms with Crippen molar-refractivity contribution < 1.29 is 9.59 Å². The number of piperidine rings is 1. The van der Waals surface area contributed by atoms with E-state index in [1.165, 1.54) is 0 Å². The van der Waals surface area contributed by atoms with Gasteiger partial charge in [-0.3, -0.25) is 14.5 Å². The predicted octanol–water partition coefficient (Wildman–Crippen LogP) is 3.58. The third kappa shape index (κ3) is 5.48. The maximum Gasteiger partial charge on any atom is 0.236 e. The van der Waals surface area contributed by atoms with Gasteiger partial charge in [0.05, 0.1) is 12.6 Å². The Bertz CT molecular complexity index is 665. The second kappa shape index (κ2) is 9.75. The van der Waals surface area contributed by atoms with Gasteiger partial charge in [-0.1, -0.05) is 23.7 Å². The van der Waals surface area contributed by atoms with Crippen LogP contribution in [0.3, 0.4) is 0 Å². The monoisotopic (exact) mass is 405 g/mol. The van der Waals surface area contributed by atoms with E-state index < -0.39 is 0 Å². The van der Waals surface area contributed by atoms with Crippen LogP contribution in [0.1, 0.15) is 50.6 Å². The SMILES string of the molecule is CC(c1ccc(Cl)cc1)N(C)C(=O)CN1CCC(CC(=O)N2CCCC2)CC1. The summed E-state index contributed by atoms with van der Waals surface area (Å²) in [5.41, 5.74) is 1.08. The van der Waals surface area contributed by atoms with E-state index in [9.17, 15) is 9.59 Å². The van der Waals surface area contributed by atoms with Gasteiger partial charge in [0, 0.05) is 31.6 Å². The van der Waals surface area contributed by atoms with Gasteiger partial charge in [-0.25, -0.2) is 0 Å². The molecule has 3 rings (SSSR count). The zero-order valence-electron chi connectivity index (χ0n) is 17.1. The Kier molecular flexibility index (Phi) is 7.36. The molecule has 2 saturated heterocycles. The summed E-state index contributed by atoms with van der Waals surface area (Å²) in [5.74, 6) is 0.919. The molecule has 1 unspecified atom stereocenters. The van der Waals surface area contributed by atoms with Crippen LogP contribution in [0.5, 0.6) is 0 Å². The van der Waals surface area contributed by atoms with Crippen LogP contribution in [-0.4, -0.2) is 66.3 Å². The first-order valence-electron chi connectivity index (χ1n) is 10.5. The van der Waals surface area contributed by atoms with Crippen molar-refractivity contribution >= 4 is 23.4 Å². The Morgan fingerprint density at radius 1 is 1.11 bits per heavy atom. The van der Waals surface area contributed by atoms with Crippen molar-refractivity contribution in [2.45, 2.75) is 45.1 Å². The molecule has 0 saturated carbocycles. The summed E-state index contributed by atoms with van der Waals surface area (Å²) in [6.07, 6.45) is 4.98. The Balaban J connectivity index is 1.42. The lowest BCUT2D eigenvalue weighted by molar-refractivity contribution is -0.134. The molecule has 2 aliphatic rings. The lowest BCUT2D eigenvalue weighted by Gasteiger charge is -2.34. The topological polar surface area (TPSA) is 43.9 Å². The van der Waals surface area contributed by atoms with Crippen molar-refractivity contribution in [3.8, 4) is 0 Å². The highest BCUT2D eigenvalue weighted by Gasteiger charge is 2.27. The normalized spacial score (nSPS) is 19.6. The van der Waals surface area contributed by atoms with Gasteiger partial charge in [-0.05, 0) is 69.3 Å². The fourth-order valence-electron chi connectivity index (χ4n) is 4.17. The molecule has 0 spiro atoms. The molecular weight excluding hydrogens is 374 g/mol. The quantitative estimate of drug-likeness (QED) is 0.726. The molecular formula is C22H32ClN3O2. The van der Waals surface area contributed by atoms with E-state index in [4.69, 9.17) is 11.6 Å². The van der Waals surface area contributed by atoms with Gasteiger partial charge < -0.3 is 9.80 Å². The zero-order chi connectivity index (χ0) is 20.1. The van der Waals surface area contributed by atoms with Gasteiger partial charge in [-0.15, -0.1) is 0 Å². The van der Waals surface area contributed by atoms with Crippen molar-refractivity contribution in [2.75, 3.05) is 39.8 Å². The lowest BCUT2D eigenvalue weighted by atomic mass is 9.93. The standard InChI is InChI=1S/C22H32ClN3O2/c1-17(19-5-7-20(23)8-6-19)24(2)22(28)16-25-13-9-18(10-14-25)15-21(27)26-11-3-4-12-26/h5-8,17-18H,3-4,9-16H2,1-2H3. The maximum atomic E-state index is 12.7. The van der Waals surface area contributed by atoms with Crippen molar-refractivity contribution in [1.82, 2.24) is 14.7 Å². The largest absolute Gasteiger partial charge is 0.343 e. The van der Waals surface area contributed by atoms with Gasteiger partial charge in [-0.2, -0.15) is 0 Å². The number of benzene rings is 1. The second-order valence-electron chi connectivity index (χ2n) is 8.24. The Hall–Kier alpha value is -1.59. The molecule has 0 N–H and O–H groups in total. The molecule has 0 bridgehead atoms. The summed E-state index contributed by atoms with van der Waals surface area (Å²) in [6.45, 7) is 6.15. The maximum absolute atomic E-state index is 12.7. The number of carbonyl (C=O) groups excluding carboxylic acids is 2. The molecule has 0 radical (unpaired) electrons. The molecule has 0 aromatic heterocycles. The minimum atomic E-state index is 0.0142. The van der Waals surface area contributed by atoms with Gasteiger partial charge in [0.1, 0.15) is 0 Å². The molecule has 2 heterocycles. The second-order valence-corrected chi connectivity index (χ2v) is 8.68. The minimum absolute atomic E-state index is 0.0142. The highest BCUT2D eigenvalue weighted by molar-refractivity contribution is 6.30. The molecule has 1 atom stereocenters. The minimum Gasteiger partial charge on any atom is -0.343 e. The number of halogens is 1. The summed E-state index contributed by atoms with van der Waals surface area (Å²) in [4.78, 5) is 31.1. The number of amides is 2. The number of rotatable bonds is 6. The Morgan fingerprint density at radius 3 is 2.32 bits per heavy atom. The number of hydrogen-bond acceptors (Lipinski definition) is 3. The fourth-order valence-corrected chi connectivity index (χ4v) is 4.30. The molecule has 6 heteroatoms. The number of hydrogen-bond donors (Lipinski definition) is 0. The third-order valence-corrected chi connectivity index (χ3v) is 6.57. The number of carbonyl (C=O) groups is 2. The van der Waals surface area contributed by atoms with Gasteiger partial charge >= 0.3 is 0 Å². The van der Waals surface area contributed by atoms with E-state index in [1.807, 2.05) is 48.0 Å². The van der Waals surface area contributed by atoms with Gasteiger partial charge in [0.15, 0.2) is 0 Å². The lowest BCUT2D eigenvalue weighted by Crippen LogP contribution is -2.43. The van der Waals surface area contributed by atoms with E-state index in [0.717, 1.165) is 57.4 Å². The van der Waals surface area contributed by atoms with Crippen LogP contribution in [0.4, 0.5) is 0 Å². The molecule has 154 valence electrons. The van der Waals surface area contributed by atoms with Crippen molar-refractivity contribution in [3.63, 3.8) is 0 Å². The van der Waals surface area contributed by atoms with E-state index in [0.29, 0.717) is 29.8 Å². The smallest absolute Gasteiger partial charge is 0.236 e. The molecule has 2 amide bonds. The molecule has 2 aliphatic heterocycles. The summed E-state index contributed by atoms with van der Waals surface area (Å²) in [6, 6.07) is 7.68. The average molecular weight is 406 g/mol. The first kappa shape index (κ1) is 21.1.